The third-order valence-electron chi connectivity index (χ3n) is 2.04. The summed E-state index contributed by atoms with van der Waals surface area (Å²) < 4.78 is 0. The molecule has 0 saturated carbocycles. The largest absolute Gasteiger partial charge is 0.481 e. The Morgan fingerprint density at radius 2 is 2.21 bits per heavy atom. The smallest absolute Gasteiger partial charge is 0.311 e. The van der Waals surface area contributed by atoms with E-state index < -0.39 is 23.7 Å². The minimum absolute atomic E-state index is 0.0596. The fraction of sp³-hybridized carbons (Fsp3) is 0.444. The first-order chi connectivity index (χ1) is 6.56. The van der Waals surface area contributed by atoms with Crippen molar-refractivity contribution < 1.29 is 19.5 Å². The van der Waals surface area contributed by atoms with Crippen molar-refractivity contribution in [3.63, 3.8) is 0 Å². The molecule has 76 valence electrons. The Balaban J connectivity index is 2.88. The van der Waals surface area contributed by atoms with Crippen LogP contribution in [0, 0.1) is 5.92 Å². The van der Waals surface area contributed by atoms with E-state index in [1.54, 1.807) is 0 Å². The first-order valence-electron chi connectivity index (χ1n) is 4.36. The van der Waals surface area contributed by atoms with Gasteiger partial charge in [-0.15, -0.1) is 0 Å². The van der Waals surface area contributed by atoms with Crippen molar-refractivity contribution in [1.82, 2.24) is 5.32 Å². The Kier molecular flexibility index (Phi) is 3.01. The lowest BCUT2D eigenvalue weighted by atomic mass is 9.94. The minimum Gasteiger partial charge on any atom is -0.481 e. The van der Waals surface area contributed by atoms with Gasteiger partial charge in [-0.3, -0.25) is 19.7 Å². The number of carbonyl (C=O) groups excluding carboxylic acids is 2. The number of nitrogens with one attached hydrogen (secondary N) is 1. The predicted molar refractivity (Wildman–Crippen MR) is 47.3 cm³/mol. The third kappa shape index (κ3) is 1.99. The van der Waals surface area contributed by atoms with Gasteiger partial charge in [-0.1, -0.05) is 13.3 Å². The fourth-order valence-corrected chi connectivity index (χ4v) is 1.39. The van der Waals surface area contributed by atoms with Gasteiger partial charge < -0.3 is 5.11 Å². The van der Waals surface area contributed by atoms with E-state index in [0.717, 1.165) is 6.08 Å². The van der Waals surface area contributed by atoms with Gasteiger partial charge in [0.2, 0.25) is 0 Å². The van der Waals surface area contributed by atoms with Crippen LogP contribution >= 0.6 is 0 Å². The van der Waals surface area contributed by atoms with Crippen molar-refractivity contribution in [2.24, 2.45) is 5.92 Å². The number of carboxylic acid groups (broad SMARTS) is 1. The van der Waals surface area contributed by atoms with Crippen molar-refractivity contribution >= 4 is 17.8 Å². The zero-order valence-electron chi connectivity index (χ0n) is 7.74. The lowest BCUT2D eigenvalue weighted by Crippen LogP contribution is -2.27. The van der Waals surface area contributed by atoms with Crippen LogP contribution in [0.5, 0.6) is 0 Å². The summed E-state index contributed by atoms with van der Waals surface area (Å²) in [6.45, 7) is 1.82. The number of amides is 2. The van der Waals surface area contributed by atoms with Gasteiger partial charge in [0.1, 0.15) is 0 Å². The molecule has 0 fully saturated rings. The van der Waals surface area contributed by atoms with Gasteiger partial charge in [0.15, 0.2) is 0 Å². The number of hydrogen-bond acceptors (Lipinski definition) is 3. The Bertz CT molecular complexity index is 319. The first-order valence-corrected chi connectivity index (χ1v) is 4.36. The van der Waals surface area contributed by atoms with Crippen LogP contribution < -0.4 is 5.32 Å². The molecule has 0 saturated heterocycles. The summed E-state index contributed by atoms with van der Waals surface area (Å²) >= 11 is 0. The summed E-state index contributed by atoms with van der Waals surface area (Å²) in [5.74, 6) is -3.06. The van der Waals surface area contributed by atoms with E-state index in [9.17, 15) is 14.4 Å². The van der Waals surface area contributed by atoms with E-state index in [2.05, 4.69) is 0 Å². The monoisotopic (exact) mass is 197 g/mol. The number of aliphatic carboxylic acids is 1. The highest BCUT2D eigenvalue weighted by Crippen LogP contribution is 2.20. The van der Waals surface area contributed by atoms with Crippen molar-refractivity contribution in [3.05, 3.63) is 11.6 Å². The molecule has 1 aliphatic rings. The molecule has 5 heteroatoms. The maximum Gasteiger partial charge on any atom is 0.311 e. The second-order valence-corrected chi connectivity index (χ2v) is 3.10. The average molecular weight is 197 g/mol. The third-order valence-corrected chi connectivity index (χ3v) is 2.04. The van der Waals surface area contributed by atoms with Gasteiger partial charge in [0.05, 0.1) is 5.92 Å². The van der Waals surface area contributed by atoms with E-state index in [4.69, 9.17) is 5.11 Å². The van der Waals surface area contributed by atoms with Crippen LogP contribution in [-0.4, -0.2) is 22.9 Å². The molecular weight excluding hydrogens is 186 g/mol. The van der Waals surface area contributed by atoms with Gasteiger partial charge in [-0.05, 0) is 6.42 Å². The van der Waals surface area contributed by atoms with Gasteiger partial charge in [-0.25, -0.2) is 0 Å². The molecule has 14 heavy (non-hydrogen) atoms. The molecule has 0 aromatic rings. The Morgan fingerprint density at radius 3 is 2.57 bits per heavy atom. The lowest BCUT2D eigenvalue weighted by Gasteiger charge is -2.09. The van der Waals surface area contributed by atoms with Crippen LogP contribution in [-0.2, 0) is 14.4 Å². The van der Waals surface area contributed by atoms with Crippen LogP contribution in [0.3, 0.4) is 0 Å². The van der Waals surface area contributed by atoms with Crippen molar-refractivity contribution in [2.75, 3.05) is 0 Å². The zero-order chi connectivity index (χ0) is 10.7. The summed E-state index contributed by atoms with van der Waals surface area (Å²) in [5, 5.41) is 10.9. The molecule has 0 aliphatic carbocycles. The average Bonchev–Trinajstić information content (AvgIpc) is 2.40. The molecule has 0 radical (unpaired) electrons. The van der Waals surface area contributed by atoms with Crippen molar-refractivity contribution in [2.45, 2.75) is 19.8 Å². The van der Waals surface area contributed by atoms with Crippen molar-refractivity contribution in [3.8, 4) is 0 Å². The highest BCUT2D eigenvalue weighted by molar-refractivity contribution is 6.18. The van der Waals surface area contributed by atoms with Crippen LogP contribution in [0.4, 0.5) is 0 Å². The summed E-state index contributed by atoms with van der Waals surface area (Å²) in [4.78, 5) is 32.7. The number of rotatable bonds is 4. The summed E-state index contributed by atoms with van der Waals surface area (Å²) in [6, 6.07) is 0. The predicted octanol–water partition coefficient (Wildman–Crippen LogP) is 0.0701. The number of carbonyl (C=O) groups is 3. The topological polar surface area (TPSA) is 83.5 Å². The number of hydrogen-bond donors (Lipinski definition) is 2. The first kappa shape index (κ1) is 10.4. The molecule has 0 aromatic carbocycles. The second kappa shape index (κ2) is 4.04. The van der Waals surface area contributed by atoms with E-state index in [1.807, 2.05) is 12.2 Å². The molecule has 1 heterocycles. The number of carboxylic acids is 1. The molecule has 2 amide bonds. The van der Waals surface area contributed by atoms with Crippen LogP contribution in [0.1, 0.15) is 19.8 Å². The van der Waals surface area contributed by atoms with Crippen molar-refractivity contribution in [1.29, 1.82) is 0 Å². The quantitative estimate of drug-likeness (QED) is 0.625. The minimum atomic E-state index is -1.07. The molecule has 1 unspecified atom stereocenters. The maximum atomic E-state index is 11.1. The molecule has 1 aliphatic heterocycles. The van der Waals surface area contributed by atoms with Crippen LogP contribution in [0.25, 0.3) is 0 Å². The molecule has 0 spiro atoms. The molecule has 0 aromatic heterocycles. The zero-order valence-corrected chi connectivity index (χ0v) is 7.74. The highest BCUT2D eigenvalue weighted by Gasteiger charge is 2.31. The molecule has 2 N–H and O–H groups in total. The summed E-state index contributed by atoms with van der Waals surface area (Å²) in [6.07, 6.45) is 2.08. The fourth-order valence-electron chi connectivity index (χ4n) is 1.39. The summed E-state index contributed by atoms with van der Waals surface area (Å²) in [5.41, 5.74) is 0.0596. The van der Waals surface area contributed by atoms with E-state index in [0.29, 0.717) is 12.8 Å². The highest BCUT2D eigenvalue weighted by atomic mass is 16.4. The molecular formula is C9H11NO4. The summed E-state index contributed by atoms with van der Waals surface area (Å²) in [7, 11) is 0. The number of imide groups is 1. The maximum absolute atomic E-state index is 11.1. The Hall–Kier alpha value is -1.65. The Labute approximate surface area is 80.8 Å². The molecule has 1 atom stereocenters. The normalized spacial score (nSPS) is 17.6. The van der Waals surface area contributed by atoms with Crippen LogP contribution in [0.15, 0.2) is 11.6 Å². The Morgan fingerprint density at radius 1 is 1.57 bits per heavy atom. The van der Waals surface area contributed by atoms with Gasteiger partial charge in [0, 0.05) is 11.6 Å². The van der Waals surface area contributed by atoms with E-state index in [1.165, 1.54) is 0 Å². The van der Waals surface area contributed by atoms with Gasteiger partial charge >= 0.3 is 5.97 Å². The standard InChI is InChI=1S/C9H11NO4/c1-2-3-5(9(13)14)6-4-7(11)10-8(6)12/h4-5H,2-3H2,1H3,(H,13,14)(H,10,11,12). The second-order valence-electron chi connectivity index (χ2n) is 3.10. The van der Waals surface area contributed by atoms with Gasteiger partial charge in [-0.2, -0.15) is 0 Å². The SMILES string of the molecule is CCCC(C(=O)O)C1=CC(=O)NC1=O. The molecule has 5 nitrogen and oxygen atoms in total. The molecule has 1 rings (SSSR count). The van der Waals surface area contributed by atoms with Gasteiger partial charge in [0.25, 0.3) is 11.8 Å². The van der Waals surface area contributed by atoms with Crippen LogP contribution in [0.2, 0.25) is 0 Å². The van der Waals surface area contributed by atoms with E-state index in [-0.39, 0.29) is 5.57 Å². The van der Waals surface area contributed by atoms with E-state index >= 15 is 0 Å². The molecule has 0 bridgehead atoms. The lowest BCUT2D eigenvalue weighted by molar-refractivity contribution is -0.141.